The largest absolute Gasteiger partial charge is 0.496 e. The Morgan fingerprint density at radius 1 is 0.852 bits per heavy atom. The number of nitrogens with zero attached hydrogens (tertiary/aromatic N) is 6. The Kier molecular flexibility index (Phi) is 12.2. The van der Waals surface area contributed by atoms with Gasteiger partial charge >= 0.3 is 0 Å². The van der Waals surface area contributed by atoms with E-state index in [0.29, 0.717) is 57.6 Å². The highest BCUT2D eigenvalue weighted by molar-refractivity contribution is 7.90. The molecular formula is C45H48F2N8O5S. The topological polar surface area (TPSA) is 143 Å². The van der Waals surface area contributed by atoms with Crippen molar-refractivity contribution in [3.05, 3.63) is 108 Å². The number of ether oxygens (including phenoxy) is 2. The quantitative estimate of drug-likeness (QED) is 0.117. The van der Waals surface area contributed by atoms with E-state index in [2.05, 4.69) is 31.5 Å². The zero-order valence-corrected chi connectivity index (χ0v) is 35.1. The fourth-order valence-electron chi connectivity index (χ4n) is 8.40. The van der Waals surface area contributed by atoms with Crippen molar-refractivity contribution in [2.75, 3.05) is 67.9 Å². The van der Waals surface area contributed by atoms with E-state index < -0.39 is 33.1 Å². The van der Waals surface area contributed by atoms with Crippen molar-refractivity contribution in [1.82, 2.24) is 24.3 Å². The van der Waals surface area contributed by atoms with Gasteiger partial charge in [0.2, 0.25) is 5.95 Å². The second-order valence-corrected chi connectivity index (χ2v) is 17.9. The third-order valence-corrected chi connectivity index (χ3v) is 12.6. The molecular weight excluding hydrogens is 803 g/mol. The molecule has 8 rings (SSSR count). The first-order chi connectivity index (χ1) is 29.5. The molecule has 3 aromatic carbocycles. The van der Waals surface area contributed by atoms with Crippen molar-refractivity contribution < 1.29 is 31.5 Å². The summed E-state index contributed by atoms with van der Waals surface area (Å²) in [5.41, 5.74) is 4.08. The van der Waals surface area contributed by atoms with Crippen LogP contribution >= 0.6 is 0 Å². The number of likely N-dealkylation sites (tertiary alicyclic amines) is 1. The fraction of sp³-hybridized carbons (Fsp3) is 0.333. The highest BCUT2D eigenvalue weighted by Crippen LogP contribution is 2.37. The molecule has 318 valence electrons. The van der Waals surface area contributed by atoms with Gasteiger partial charge in [0.25, 0.3) is 5.91 Å². The second-order valence-electron chi connectivity index (χ2n) is 15.6. The maximum Gasteiger partial charge on any atom is 0.259 e. The van der Waals surface area contributed by atoms with Crippen LogP contribution in [0.25, 0.3) is 28.3 Å². The molecule has 2 aliphatic rings. The van der Waals surface area contributed by atoms with E-state index >= 15 is 0 Å². The van der Waals surface area contributed by atoms with Crippen molar-refractivity contribution in [2.45, 2.75) is 38.1 Å². The van der Waals surface area contributed by atoms with Gasteiger partial charge in [-0.3, -0.25) is 9.20 Å². The van der Waals surface area contributed by atoms with Gasteiger partial charge in [0.15, 0.2) is 0 Å². The number of anilines is 4. The molecule has 2 N–H and O–H groups in total. The van der Waals surface area contributed by atoms with Crippen molar-refractivity contribution in [1.29, 1.82) is 0 Å². The van der Waals surface area contributed by atoms with E-state index in [9.17, 15) is 22.0 Å². The number of amides is 1. The number of carbonyl (C=O) groups is 1. The van der Waals surface area contributed by atoms with Crippen molar-refractivity contribution in [3.63, 3.8) is 0 Å². The third-order valence-electron chi connectivity index (χ3n) is 11.7. The van der Waals surface area contributed by atoms with Crippen LogP contribution in [0.1, 0.15) is 42.5 Å². The molecule has 0 spiro atoms. The van der Waals surface area contributed by atoms with Crippen molar-refractivity contribution in [2.24, 2.45) is 5.92 Å². The molecule has 61 heavy (non-hydrogen) atoms. The number of carbonyl (C=O) groups excluding carboxylic acids is 1. The Labute approximate surface area is 353 Å². The van der Waals surface area contributed by atoms with E-state index in [1.807, 2.05) is 40.9 Å². The number of halogens is 2. The molecule has 0 aliphatic carbocycles. The molecule has 0 atom stereocenters. The first-order valence-electron chi connectivity index (χ1n) is 20.3. The minimum Gasteiger partial charge on any atom is -0.496 e. The lowest BCUT2D eigenvalue weighted by Gasteiger charge is -2.42. The molecule has 0 radical (unpaired) electrons. The normalized spacial score (nSPS) is 15.5. The van der Waals surface area contributed by atoms with E-state index in [4.69, 9.17) is 19.4 Å². The number of hydrogen-bond acceptors (Lipinski definition) is 11. The van der Waals surface area contributed by atoms with E-state index in [0.717, 1.165) is 76.1 Å². The molecule has 0 saturated carbocycles. The molecule has 0 unspecified atom stereocenters. The van der Waals surface area contributed by atoms with Crippen LogP contribution in [0.4, 0.5) is 31.8 Å². The SMILES string of the molecule is COc1cc(N2CCC(N3CCC(CCS(C)(=O)=O)CC3)CC2)ccc1Nc1nccc(-c2c(-c3ccc(OC)c(C(=O)Nc4c(F)cccc4F)c3)nc3ccccn23)n1. The molecule has 6 aromatic rings. The van der Waals surface area contributed by atoms with Crippen LogP contribution in [0.5, 0.6) is 11.5 Å². The molecule has 13 nitrogen and oxygen atoms in total. The maximum absolute atomic E-state index is 14.5. The number of sulfone groups is 1. The lowest BCUT2D eigenvalue weighted by atomic mass is 9.91. The Morgan fingerprint density at radius 2 is 1.61 bits per heavy atom. The Hall–Kier alpha value is -6.13. The molecule has 2 aliphatic heterocycles. The van der Waals surface area contributed by atoms with Gasteiger partial charge in [0.05, 0.1) is 48.3 Å². The first kappa shape index (κ1) is 41.6. The van der Waals surface area contributed by atoms with Gasteiger partial charge in [-0.15, -0.1) is 0 Å². The summed E-state index contributed by atoms with van der Waals surface area (Å²) in [5, 5.41) is 5.69. The van der Waals surface area contributed by atoms with Crippen LogP contribution in [0.15, 0.2) is 91.3 Å². The number of imidazole rings is 1. The number of hydrogen-bond donors (Lipinski definition) is 2. The lowest BCUT2D eigenvalue weighted by Crippen LogP contribution is -2.47. The molecule has 0 bridgehead atoms. The maximum atomic E-state index is 14.5. The van der Waals surface area contributed by atoms with Gasteiger partial charge in [-0.25, -0.2) is 32.2 Å². The summed E-state index contributed by atoms with van der Waals surface area (Å²) in [4.78, 5) is 32.8. The monoisotopic (exact) mass is 850 g/mol. The van der Waals surface area contributed by atoms with Gasteiger partial charge in [0.1, 0.15) is 44.3 Å². The Morgan fingerprint density at radius 3 is 2.33 bits per heavy atom. The highest BCUT2D eigenvalue weighted by atomic mass is 32.2. The van der Waals surface area contributed by atoms with E-state index in [1.54, 1.807) is 37.6 Å². The smallest absolute Gasteiger partial charge is 0.259 e. The Balaban J connectivity index is 0.994. The number of nitrogens with one attached hydrogen (secondary N) is 2. The van der Waals surface area contributed by atoms with Crippen LogP contribution < -0.4 is 25.0 Å². The number of methoxy groups -OCH3 is 2. The standard InChI is InChI=1S/C45H48F2N8O5S/c1-59-38-13-10-30(27-33(38)44(56)52-42-34(46)7-6-8-35(42)47)41-43(55-21-5-4-9-40(55)51-41)37-14-20-48-45(50-37)49-36-12-11-32(28-39(36)60-2)54-24-17-31(18-25-54)53-22-15-29(16-23-53)19-26-61(3,57)58/h4-14,20-21,27-29,31H,15-19,22-26H2,1-3H3,(H,52,56)(H,48,49,50). The fourth-order valence-corrected chi connectivity index (χ4v) is 9.16. The summed E-state index contributed by atoms with van der Waals surface area (Å²) >= 11 is 0. The first-order valence-corrected chi connectivity index (χ1v) is 22.4. The van der Waals surface area contributed by atoms with Gasteiger partial charge in [0, 0.05) is 55.1 Å². The number of pyridine rings is 1. The van der Waals surface area contributed by atoms with Gasteiger partial charge in [-0.05, 0) is 112 Å². The van der Waals surface area contributed by atoms with Crippen molar-refractivity contribution >= 4 is 44.4 Å². The van der Waals surface area contributed by atoms with Crippen molar-refractivity contribution in [3.8, 4) is 34.1 Å². The van der Waals surface area contributed by atoms with Gasteiger partial charge in [-0.2, -0.15) is 0 Å². The number of fused-ring (bicyclic) bond motifs is 1. The molecule has 2 saturated heterocycles. The summed E-state index contributed by atoms with van der Waals surface area (Å²) in [6, 6.07) is 22.3. The molecule has 1 amide bonds. The third kappa shape index (κ3) is 9.30. The average molecular weight is 851 g/mol. The lowest BCUT2D eigenvalue weighted by molar-refractivity contribution is 0.102. The molecule has 3 aromatic heterocycles. The molecule has 5 heterocycles. The number of aromatic nitrogens is 4. The minimum absolute atomic E-state index is 0.0520. The van der Waals surface area contributed by atoms with Crippen LogP contribution in [-0.2, 0) is 9.84 Å². The predicted molar refractivity (Wildman–Crippen MR) is 233 cm³/mol. The van der Waals surface area contributed by atoms with Crippen LogP contribution in [0.2, 0.25) is 0 Å². The second kappa shape index (κ2) is 17.8. The van der Waals surface area contributed by atoms with Crippen LogP contribution in [0.3, 0.4) is 0 Å². The number of piperidine rings is 2. The molecule has 16 heteroatoms. The van der Waals surface area contributed by atoms with Crippen LogP contribution in [0, 0.1) is 17.6 Å². The van der Waals surface area contributed by atoms with E-state index in [-0.39, 0.29) is 17.1 Å². The van der Waals surface area contributed by atoms with Crippen LogP contribution in [-0.4, -0.2) is 97.0 Å². The zero-order valence-electron chi connectivity index (χ0n) is 34.3. The average Bonchev–Trinajstić information content (AvgIpc) is 3.67. The Bertz CT molecular complexity index is 2640. The minimum atomic E-state index is -2.92. The number of benzene rings is 3. The molecule has 2 fully saturated rings. The summed E-state index contributed by atoms with van der Waals surface area (Å²) < 4.78 is 65.5. The van der Waals surface area contributed by atoms with Gasteiger partial charge < -0.3 is 29.9 Å². The number of para-hydroxylation sites is 1. The number of rotatable bonds is 13. The predicted octanol–water partition coefficient (Wildman–Crippen LogP) is 7.87. The summed E-state index contributed by atoms with van der Waals surface area (Å²) in [7, 11) is 0.120. The summed E-state index contributed by atoms with van der Waals surface area (Å²) in [6.45, 7) is 3.90. The van der Waals surface area contributed by atoms with E-state index in [1.165, 1.54) is 19.4 Å². The summed E-state index contributed by atoms with van der Waals surface area (Å²) in [5.74, 6) is -0.635. The zero-order chi connectivity index (χ0) is 42.7. The van der Waals surface area contributed by atoms with Gasteiger partial charge in [-0.1, -0.05) is 12.1 Å². The highest BCUT2D eigenvalue weighted by Gasteiger charge is 2.29. The summed E-state index contributed by atoms with van der Waals surface area (Å²) in [6.07, 6.45) is 9.83.